The molecule has 0 spiro atoms. The zero-order chi connectivity index (χ0) is 15.2. The second-order valence-electron chi connectivity index (χ2n) is 5.57. The lowest BCUT2D eigenvalue weighted by Crippen LogP contribution is -2.36. The van der Waals surface area contributed by atoms with E-state index in [1.807, 2.05) is 29.6 Å². The summed E-state index contributed by atoms with van der Waals surface area (Å²) in [6.07, 6.45) is 1.12. The molecule has 4 heteroatoms. The van der Waals surface area contributed by atoms with Gasteiger partial charge >= 0.3 is 0 Å². The van der Waals surface area contributed by atoms with E-state index in [0.717, 1.165) is 16.9 Å². The molecule has 114 valence electrons. The Kier molecular flexibility index (Phi) is 5.91. The van der Waals surface area contributed by atoms with Crippen LogP contribution in [0.1, 0.15) is 36.8 Å². The lowest BCUT2D eigenvalue weighted by Gasteiger charge is -2.22. The van der Waals surface area contributed by atoms with Crippen molar-refractivity contribution in [3.8, 4) is 0 Å². The minimum atomic E-state index is -0.412. The SMILES string of the molecule is CC(Cc1ccc(F)cc1)NC(C)CC(O)c1cccs1. The fraction of sp³-hybridized carbons (Fsp3) is 0.412. The first kappa shape index (κ1) is 16.1. The van der Waals surface area contributed by atoms with Crippen molar-refractivity contribution in [3.05, 3.63) is 58.0 Å². The molecule has 3 atom stereocenters. The van der Waals surface area contributed by atoms with Crippen LogP contribution in [0.25, 0.3) is 0 Å². The lowest BCUT2D eigenvalue weighted by molar-refractivity contribution is 0.155. The highest BCUT2D eigenvalue weighted by Gasteiger charge is 2.15. The van der Waals surface area contributed by atoms with Gasteiger partial charge in [-0.2, -0.15) is 0 Å². The molecule has 1 heterocycles. The Hall–Kier alpha value is -1.23. The van der Waals surface area contributed by atoms with E-state index in [-0.39, 0.29) is 17.9 Å². The number of thiophene rings is 1. The van der Waals surface area contributed by atoms with Gasteiger partial charge < -0.3 is 10.4 Å². The summed E-state index contributed by atoms with van der Waals surface area (Å²) in [6, 6.07) is 11.0. The van der Waals surface area contributed by atoms with E-state index in [4.69, 9.17) is 0 Å². The van der Waals surface area contributed by atoms with Gasteiger partial charge in [-0.3, -0.25) is 0 Å². The van der Waals surface area contributed by atoms with Gasteiger partial charge in [0.05, 0.1) is 6.10 Å². The summed E-state index contributed by atoms with van der Waals surface area (Å²) in [5.41, 5.74) is 1.11. The number of halogens is 1. The van der Waals surface area contributed by atoms with Crippen molar-refractivity contribution >= 4 is 11.3 Å². The molecule has 2 nitrogen and oxygen atoms in total. The minimum Gasteiger partial charge on any atom is -0.388 e. The van der Waals surface area contributed by atoms with Crippen LogP contribution >= 0.6 is 11.3 Å². The van der Waals surface area contributed by atoms with Crippen LogP contribution in [0.3, 0.4) is 0 Å². The van der Waals surface area contributed by atoms with Crippen molar-refractivity contribution in [3.63, 3.8) is 0 Å². The third kappa shape index (κ3) is 5.23. The maximum atomic E-state index is 12.9. The second kappa shape index (κ2) is 7.69. The number of rotatable bonds is 7. The summed E-state index contributed by atoms with van der Waals surface area (Å²) in [4.78, 5) is 1.01. The lowest BCUT2D eigenvalue weighted by atomic mass is 10.0. The van der Waals surface area contributed by atoms with Gasteiger partial charge in [-0.15, -0.1) is 11.3 Å². The van der Waals surface area contributed by atoms with Crippen LogP contribution in [0.4, 0.5) is 4.39 Å². The summed E-state index contributed by atoms with van der Waals surface area (Å²) in [7, 11) is 0. The summed E-state index contributed by atoms with van der Waals surface area (Å²) in [5, 5.41) is 15.6. The average molecular weight is 307 g/mol. The molecule has 21 heavy (non-hydrogen) atoms. The molecule has 0 saturated carbocycles. The molecule has 0 saturated heterocycles. The highest BCUT2D eigenvalue weighted by molar-refractivity contribution is 7.10. The van der Waals surface area contributed by atoms with Crippen LogP contribution < -0.4 is 5.32 Å². The zero-order valence-electron chi connectivity index (χ0n) is 12.4. The molecular weight excluding hydrogens is 285 g/mol. The van der Waals surface area contributed by atoms with Crippen LogP contribution in [0.15, 0.2) is 41.8 Å². The largest absolute Gasteiger partial charge is 0.388 e. The molecule has 2 rings (SSSR count). The molecule has 1 aromatic carbocycles. The number of nitrogens with one attached hydrogen (secondary N) is 1. The van der Waals surface area contributed by atoms with Gasteiger partial charge in [0.2, 0.25) is 0 Å². The molecule has 0 aliphatic carbocycles. The molecule has 1 aromatic heterocycles. The highest BCUT2D eigenvalue weighted by atomic mass is 32.1. The van der Waals surface area contributed by atoms with Crippen LogP contribution in [0.5, 0.6) is 0 Å². The molecule has 0 aliphatic heterocycles. The zero-order valence-corrected chi connectivity index (χ0v) is 13.2. The monoisotopic (exact) mass is 307 g/mol. The normalized spacial score (nSPS) is 15.6. The summed E-state index contributed by atoms with van der Waals surface area (Å²) in [5.74, 6) is -0.202. The van der Waals surface area contributed by atoms with Gasteiger partial charge in [0.15, 0.2) is 0 Å². The van der Waals surface area contributed by atoms with Gasteiger partial charge in [0, 0.05) is 17.0 Å². The summed E-state index contributed by atoms with van der Waals surface area (Å²) < 4.78 is 12.9. The van der Waals surface area contributed by atoms with E-state index < -0.39 is 6.10 Å². The van der Waals surface area contributed by atoms with Crippen LogP contribution in [-0.4, -0.2) is 17.2 Å². The van der Waals surface area contributed by atoms with E-state index >= 15 is 0 Å². The van der Waals surface area contributed by atoms with Crippen molar-refractivity contribution in [1.29, 1.82) is 0 Å². The number of hydrogen-bond acceptors (Lipinski definition) is 3. The van der Waals surface area contributed by atoms with Crippen LogP contribution in [0.2, 0.25) is 0 Å². The van der Waals surface area contributed by atoms with E-state index in [1.54, 1.807) is 11.3 Å². The molecule has 0 bridgehead atoms. The quantitative estimate of drug-likeness (QED) is 0.812. The Labute approximate surface area is 129 Å². The second-order valence-corrected chi connectivity index (χ2v) is 6.55. The Balaban J connectivity index is 1.79. The van der Waals surface area contributed by atoms with E-state index in [2.05, 4.69) is 19.2 Å². The van der Waals surface area contributed by atoms with E-state index in [1.165, 1.54) is 12.1 Å². The average Bonchev–Trinajstić information content (AvgIpc) is 2.95. The van der Waals surface area contributed by atoms with Crippen molar-refractivity contribution in [2.45, 2.75) is 44.9 Å². The Morgan fingerprint density at radius 2 is 1.86 bits per heavy atom. The van der Waals surface area contributed by atoms with E-state index in [9.17, 15) is 9.50 Å². The molecule has 2 N–H and O–H groups in total. The van der Waals surface area contributed by atoms with Crippen LogP contribution in [-0.2, 0) is 6.42 Å². The predicted molar refractivity (Wildman–Crippen MR) is 86.1 cm³/mol. The fourth-order valence-electron chi connectivity index (χ4n) is 2.52. The Bertz CT molecular complexity index is 526. The molecule has 3 unspecified atom stereocenters. The van der Waals surface area contributed by atoms with E-state index in [0.29, 0.717) is 6.42 Å². The third-order valence-corrected chi connectivity index (χ3v) is 4.45. The first-order valence-electron chi connectivity index (χ1n) is 7.26. The third-order valence-electron chi connectivity index (χ3n) is 3.47. The van der Waals surface area contributed by atoms with Gasteiger partial charge in [0.25, 0.3) is 0 Å². The smallest absolute Gasteiger partial charge is 0.123 e. The number of aliphatic hydroxyl groups is 1. The fourth-order valence-corrected chi connectivity index (χ4v) is 3.24. The number of aliphatic hydroxyl groups excluding tert-OH is 1. The molecular formula is C17H22FNOS. The Morgan fingerprint density at radius 1 is 1.14 bits per heavy atom. The van der Waals surface area contributed by atoms with Gasteiger partial charge in [-0.1, -0.05) is 18.2 Å². The molecule has 2 aromatic rings. The van der Waals surface area contributed by atoms with Crippen molar-refractivity contribution in [1.82, 2.24) is 5.32 Å². The topological polar surface area (TPSA) is 32.3 Å². The summed E-state index contributed by atoms with van der Waals surface area (Å²) in [6.45, 7) is 4.19. The van der Waals surface area contributed by atoms with Gasteiger partial charge in [-0.05, 0) is 55.8 Å². The maximum Gasteiger partial charge on any atom is 0.123 e. The number of benzene rings is 1. The molecule has 0 amide bonds. The molecule has 0 radical (unpaired) electrons. The highest BCUT2D eigenvalue weighted by Crippen LogP contribution is 2.23. The van der Waals surface area contributed by atoms with Crippen molar-refractivity contribution < 1.29 is 9.50 Å². The van der Waals surface area contributed by atoms with Crippen LogP contribution in [0, 0.1) is 5.82 Å². The number of hydrogen-bond donors (Lipinski definition) is 2. The first-order valence-corrected chi connectivity index (χ1v) is 8.14. The summed E-state index contributed by atoms with van der Waals surface area (Å²) >= 11 is 1.58. The first-order chi connectivity index (χ1) is 10.0. The predicted octanol–water partition coefficient (Wildman–Crippen LogP) is 3.92. The maximum absolute atomic E-state index is 12.9. The van der Waals surface area contributed by atoms with Gasteiger partial charge in [0.1, 0.15) is 5.82 Å². The molecule has 0 aliphatic rings. The molecule has 0 fully saturated rings. The minimum absolute atomic E-state index is 0.202. The van der Waals surface area contributed by atoms with Gasteiger partial charge in [-0.25, -0.2) is 4.39 Å². The van der Waals surface area contributed by atoms with Crippen molar-refractivity contribution in [2.24, 2.45) is 0 Å². The Morgan fingerprint density at radius 3 is 2.48 bits per heavy atom. The van der Waals surface area contributed by atoms with Crippen molar-refractivity contribution in [2.75, 3.05) is 0 Å². The standard InChI is InChI=1S/C17H22FNOS/c1-12(10-14-5-7-15(18)8-6-14)19-13(2)11-16(20)17-4-3-9-21-17/h3-9,12-13,16,19-20H,10-11H2,1-2H3.